The smallest absolute Gasteiger partial charge is 0.308 e. The molecule has 2 aromatic carbocycles. The molecule has 9 heteroatoms. The lowest BCUT2D eigenvalue weighted by Crippen LogP contribution is -2.25. The van der Waals surface area contributed by atoms with Gasteiger partial charge in [0.05, 0.1) is 0 Å². The minimum Gasteiger partial charge on any atom is -0.427 e. The summed E-state index contributed by atoms with van der Waals surface area (Å²) >= 11 is 1.27. The van der Waals surface area contributed by atoms with E-state index in [2.05, 4.69) is 15.5 Å². The number of amides is 2. The van der Waals surface area contributed by atoms with E-state index in [4.69, 9.17) is 4.74 Å². The van der Waals surface area contributed by atoms with Gasteiger partial charge in [0.25, 0.3) is 5.91 Å². The summed E-state index contributed by atoms with van der Waals surface area (Å²) in [6.07, 6.45) is 0.356. The minimum atomic E-state index is -0.426. The predicted octanol–water partition coefficient (Wildman–Crippen LogP) is 3.54. The summed E-state index contributed by atoms with van der Waals surface area (Å²) in [5.74, 6) is -0.427. The average Bonchev–Trinajstić information content (AvgIpc) is 3.35. The Morgan fingerprint density at radius 1 is 1.13 bits per heavy atom. The number of esters is 1. The number of hydrogen-bond acceptors (Lipinski definition) is 7. The first-order chi connectivity index (χ1) is 14.9. The van der Waals surface area contributed by atoms with Crippen LogP contribution in [-0.4, -0.2) is 34.5 Å². The van der Waals surface area contributed by atoms with Crippen molar-refractivity contribution < 1.29 is 19.1 Å². The number of aryl methyl sites for hydroxylation is 1. The van der Waals surface area contributed by atoms with Crippen LogP contribution >= 0.6 is 11.3 Å². The lowest BCUT2D eigenvalue weighted by atomic mass is 10.1. The van der Waals surface area contributed by atoms with Gasteiger partial charge in [-0.3, -0.25) is 19.7 Å². The molecule has 31 heavy (non-hydrogen) atoms. The van der Waals surface area contributed by atoms with Crippen LogP contribution in [0.2, 0.25) is 0 Å². The van der Waals surface area contributed by atoms with Crippen molar-refractivity contribution in [1.82, 2.24) is 10.2 Å². The highest BCUT2D eigenvalue weighted by atomic mass is 32.1. The number of nitrogens with one attached hydrogen (secondary N) is 1. The summed E-state index contributed by atoms with van der Waals surface area (Å²) < 4.78 is 4.96. The van der Waals surface area contributed by atoms with Gasteiger partial charge in [-0.25, -0.2) is 0 Å². The average molecular weight is 436 g/mol. The third-order valence-electron chi connectivity index (χ3n) is 4.92. The highest BCUT2D eigenvalue weighted by Crippen LogP contribution is 2.35. The molecule has 0 bridgehead atoms. The van der Waals surface area contributed by atoms with Crippen LogP contribution in [0, 0.1) is 6.92 Å². The topological polar surface area (TPSA) is 101 Å². The van der Waals surface area contributed by atoms with Gasteiger partial charge >= 0.3 is 5.97 Å². The van der Waals surface area contributed by atoms with E-state index in [-0.39, 0.29) is 17.7 Å². The molecule has 0 saturated carbocycles. The quantitative estimate of drug-likeness (QED) is 0.485. The number of ether oxygens (including phenoxy) is 1. The fourth-order valence-electron chi connectivity index (χ4n) is 3.43. The first kappa shape index (κ1) is 20.7. The van der Waals surface area contributed by atoms with Crippen molar-refractivity contribution in [3.05, 3.63) is 64.7 Å². The Bertz CT molecular complexity index is 1140. The number of anilines is 2. The Morgan fingerprint density at radius 2 is 1.87 bits per heavy atom. The van der Waals surface area contributed by atoms with Gasteiger partial charge in [-0.15, -0.1) is 10.2 Å². The molecular formula is C22H20N4O4S. The van der Waals surface area contributed by atoms with Crippen molar-refractivity contribution in [1.29, 1.82) is 0 Å². The van der Waals surface area contributed by atoms with Gasteiger partial charge in [0, 0.05) is 37.1 Å². The molecule has 2 heterocycles. The molecule has 1 atom stereocenters. The number of para-hydroxylation sites is 1. The van der Waals surface area contributed by atoms with E-state index >= 15 is 0 Å². The third kappa shape index (κ3) is 4.61. The third-order valence-corrected chi connectivity index (χ3v) is 5.92. The summed E-state index contributed by atoms with van der Waals surface area (Å²) in [6.45, 7) is 3.82. The summed E-state index contributed by atoms with van der Waals surface area (Å²) in [7, 11) is 0. The standard InChI is InChI=1S/C22H20N4O4S/c1-13-5-3-4-6-18(13)26-12-16(11-19(26)28)21-24-25-22(31-21)23-20(29)15-7-9-17(10-8-15)30-14(2)27/h3-10,16H,11-12H2,1-2H3,(H,23,25,29). The fraction of sp³-hybridized carbons (Fsp3) is 0.227. The van der Waals surface area contributed by atoms with Crippen LogP contribution in [0.25, 0.3) is 0 Å². The molecule has 1 unspecified atom stereocenters. The molecule has 0 spiro atoms. The van der Waals surface area contributed by atoms with Crippen LogP contribution in [-0.2, 0) is 9.59 Å². The van der Waals surface area contributed by atoms with E-state index in [1.54, 1.807) is 29.2 Å². The van der Waals surface area contributed by atoms with Gasteiger partial charge in [-0.05, 0) is 42.8 Å². The molecule has 3 aromatic rings. The molecule has 1 aliphatic heterocycles. The van der Waals surface area contributed by atoms with Crippen LogP contribution in [0.15, 0.2) is 48.5 Å². The Balaban J connectivity index is 1.41. The number of benzene rings is 2. The van der Waals surface area contributed by atoms with Gasteiger partial charge in [0.1, 0.15) is 10.8 Å². The van der Waals surface area contributed by atoms with Crippen molar-refractivity contribution in [2.24, 2.45) is 0 Å². The van der Waals surface area contributed by atoms with E-state index in [9.17, 15) is 14.4 Å². The second-order valence-corrected chi connectivity index (χ2v) is 8.22. The highest BCUT2D eigenvalue weighted by Gasteiger charge is 2.34. The van der Waals surface area contributed by atoms with Gasteiger partial charge < -0.3 is 9.64 Å². The van der Waals surface area contributed by atoms with E-state index < -0.39 is 5.97 Å². The number of aromatic nitrogens is 2. The molecular weight excluding hydrogens is 416 g/mol. The maximum absolute atomic E-state index is 12.6. The first-order valence-corrected chi connectivity index (χ1v) is 10.5. The van der Waals surface area contributed by atoms with E-state index in [1.807, 2.05) is 31.2 Å². The largest absolute Gasteiger partial charge is 0.427 e. The predicted molar refractivity (Wildman–Crippen MR) is 117 cm³/mol. The molecule has 1 N–H and O–H groups in total. The zero-order valence-electron chi connectivity index (χ0n) is 17.0. The van der Waals surface area contributed by atoms with Gasteiger partial charge in [0.15, 0.2) is 0 Å². The van der Waals surface area contributed by atoms with E-state index in [0.717, 1.165) is 11.3 Å². The Labute approximate surface area is 182 Å². The number of hydrogen-bond donors (Lipinski definition) is 1. The highest BCUT2D eigenvalue weighted by molar-refractivity contribution is 7.15. The zero-order valence-corrected chi connectivity index (χ0v) is 17.8. The van der Waals surface area contributed by atoms with Crippen LogP contribution in [0.1, 0.15) is 40.2 Å². The Morgan fingerprint density at radius 3 is 2.58 bits per heavy atom. The molecule has 1 saturated heterocycles. The maximum Gasteiger partial charge on any atom is 0.308 e. The lowest BCUT2D eigenvalue weighted by Gasteiger charge is -2.18. The summed E-state index contributed by atoms with van der Waals surface area (Å²) in [6, 6.07) is 14.0. The minimum absolute atomic E-state index is 0.0490. The first-order valence-electron chi connectivity index (χ1n) is 9.70. The maximum atomic E-state index is 12.6. The summed E-state index contributed by atoms with van der Waals surface area (Å²) in [5, 5.41) is 12.1. The lowest BCUT2D eigenvalue weighted by molar-refractivity contribution is -0.131. The Hall–Kier alpha value is -3.59. The number of carbonyl (C=O) groups is 3. The van der Waals surface area contributed by atoms with Crippen molar-refractivity contribution in [3.63, 3.8) is 0 Å². The van der Waals surface area contributed by atoms with Gasteiger partial charge in [-0.2, -0.15) is 0 Å². The summed E-state index contributed by atoms with van der Waals surface area (Å²) in [4.78, 5) is 37.8. The number of nitrogens with zero attached hydrogens (tertiary/aromatic N) is 3. The molecule has 1 aromatic heterocycles. The molecule has 1 fully saturated rings. The van der Waals surface area contributed by atoms with Crippen molar-refractivity contribution in [2.75, 3.05) is 16.8 Å². The van der Waals surface area contributed by atoms with Crippen LogP contribution < -0.4 is 15.0 Å². The van der Waals surface area contributed by atoms with Crippen LogP contribution in [0.4, 0.5) is 10.8 Å². The molecule has 2 amide bonds. The second-order valence-electron chi connectivity index (χ2n) is 7.21. The van der Waals surface area contributed by atoms with Crippen molar-refractivity contribution in [2.45, 2.75) is 26.2 Å². The number of carbonyl (C=O) groups excluding carboxylic acids is 3. The molecule has 8 nitrogen and oxygen atoms in total. The van der Waals surface area contributed by atoms with Crippen molar-refractivity contribution in [3.8, 4) is 5.75 Å². The van der Waals surface area contributed by atoms with Gasteiger partial charge in [-0.1, -0.05) is 29.5 Å². The monoisotopic (exact) mass is 436 g/mol. The fourth-order valence-corrected chi connectivity index (χ4v) is 4.26. The second kappa shape index (κ2) is 8.65. The molecule has 158 valence electrons. The normalized spacial score (nSPS) is 15.7. The molecule has 0 aliphatic carbocycles. The Kier molecular flexibility index (Phi) is 5.77. The summed E-state index contributed by atoms with van der Waals surface area (Å²) in [5.41, 5.74) is 2.35. The van der Waals surface area contributed by atoms with Crippen LogP contribution in [0.5, 0.6) is 5.75 Å². The van der Waals surface area contributed by atoms with E-state index in [1.165, 1.54) is 18.3 Å². The number of rotatable bonds is 5. The van der Waals surface area contributed by atoms with Crippen LogP contribution in [0.3, 0.4) is 0 Å². The van der Waals surface area contributed by atoms with E-state index in [0.29, 0.717) is 34.4 Å². The van der Waals surface area contributed by atoms with Crippen molar-refractivity contribution >= 4 is 39.9 Å². The molecule has 0 radical (unpaired) electrons. The molecule has 1 aliphatic rings. The molecule has 4 rings (SSSR count). The van der Waals surface area contributed by atoms with Gasteiger partial charge in [0.2, 0.25) is 11.0 Å². The SMILES string of the molecule is CC(=O)Oc1ccc(C(=O)Nc2nnc(C3CC(=O)N(c4ccccc4C)C3)s2)cc1. The zero-order chi connectivity index (χ0) is 22.0.